The first-order chi connectivity index (χ1) is 19.5. The van der Waals surface area contributed by atoms with E-state index in [2.05, 4.69) is 0 Å². The van der Waals surface area contributed by atoms with Gasteiger partial charge in [0.1, 0.15) is 5.75 Å². The van der Waals surface area contributed by atoms with E-state index in [-0.39, 0.29) is 5.56 Å². The zero-order valence-corrected chi connectivity index (χ0v) is 23.8. The molecule has 6 rings (SSSR count). The first-order valence-electron chi connectivity index (χ1n) is 13.7. The van der Waals surface area contributed by atoms with E-state index in [4.69, 9.17) is 14.5 Å². The van der Waals surface area contributed by atoms with Crippen LogP contribution in [0.5, 0.6) is 5.75 Å². The molecule has 1 N–H and O–H groups in total. The maximum Gasteiger partial charge on any atom is 0.337 e. The summed E-state index contributed by atoms with van der Waals surface area (Å²) in [4.78, 5) is 31.0. The monoisotopic (exact) mass is 548 g/mol. The number of ether oxygens (including phenoxy) is 2. The lowest BCUT2D eigenvalue weighted by atomic mass is 9.86. The summed E-state index contributed by atoms with van der Waals surface area (Å²) in [5, 5.41) is 12.2. The fourth-order valence-electron chi connectivity index (χ4n) is 5.88. The Hall–Kier alpha value is -4.49. The third-order valence-electron chi connectivity index (χ3n) is 7.50. The highest BCUT2D eigenvalue weighted by molar-refractivity contribution is 6.08. The van der Waals surface area contributed by atoms with E-state index in [9.17, 15) is 14.7 Å². The number of aryl methyl sites for hydroxylation is 2. The van der Waals surface area contributed by atoms with Gasteiger partial charge in [-0.25, -0.2) is 4.79 Å². The lowest BCUT2D eigenvalue weighted by molar-refractivity contribution is -0.160. The molecule has 1 unspecified atom stereocenters. The summed E-state index contributed by atoms with van der Waals surface area (Å²) in [5.74, 6) is -0.330. The number of rotatable bonds is 5. The van der Waals surface area contributed by atoms with Crippen molar-refractivity contribution in [3.8, 4) is 22.6 Å². The molecule has 0 fully saturated rings. The Morgan fingerprint density at radius 1 is 1.07 bits per heavy atom. The summed E-state index contributed by atoms with van der Waals surface area (Å²) < 4.78 is 13.9. The second kappa shape index (κ2) is 9.85. The van der Waals surface area contributed by atoms with Gasteiger partial charge in [0.05, 0.1) is 23.2 Å². The van der Waals surface area contributed by atoms with Gasteiger partial charge in [-0.15, -0.1) is 0 Å². The molecule has 1 aliphatic heterocycles. The summed E-state index contributed by atoms with van der Waals surface area (Å²) >= 11 is 0. The molecule has 41 heavy (non-hydrogen) atoms. The summed E-state index contributed by atoms with van der Waals surface area (Å²) in [6.07, 6.45) is 1.29. The molecule has 0 spiro atoms. The fourth-order valence-corrected chi connectivity index (χ4v) is 5.88. The van der Waals surface area contributed by atoms with E-state index in [1.165, 1.54) is 6.07 Å². The summed E-state index contributed by atoms with van der Waals surface area (Å²) in [5.41, 5.74) is 6.07. The number of nitrogens with zero attached hydrogens (tertiary/aromatic N) is 2. The molecule has 0 saturated heterocycles. The van der Waals surface area contributed by atoms with E-state index in [0.29, 0.717) is 28.8 Å². The first kappa shape index (κ1) is 26.7. The number of hydrogen-bond donors (Lipinski definition) is 1. The van der Waals surface area contributed by atoms with Crippen LogP contribution in [0.3, 0.4) is 0 Å². The molecule has 1 atom stereocenters. The summed E-state index contributed by atoms with van der Waals surface area (Å²) in [6, 6.07) is 18.9. The van der Waals surface area contributed by atoms with E-state index in [1.54, 1.807) is 16.8 Å². The Morgan fingerprint density at radius 3 is 2.61 bits per heavy atom. The lowest BCUT2D eigenvalue weighted by Gasteiger charge is -2.29. The maximum absolute atomic E-state index is 13.4. The van der Waals surface area contributed by atoms with Crippen LogP contribution in [-0.4, -0.2) is 32.8 Å². The average Bonchev–Trinajstić information content (AvgIpc) is 2.91. The van der Waals surface area contributed by atoms with Crippen molar-refractivity contribution in [2.75, 3.05) is 6.61 Å². The van der Waals surface area contributed by atoms with E-state index >= 15 is 0 Å². The fraction of sp³-hybridized carbons (Fsp3) is 0.265. The molecule has 7 heteroatoms. The van der Waals surface area contributed by atoms with Crippen molar-refractivity contribution in [2.45, 2.75) is 52.7 Å². The van der Waals surface area contributed by atoms with Crippen LogP contribution in [0.4, 0.5) is 0 Å². The number of fused-ring (bicyclic) bond motifs is 1. The van der Waals surface area contributed by atoms with Crippen LogP contribution >= 0.6 is 0 Å². The van der Waals surface area contributed by atoms with Gasteiger partial charge in [-0.3, -0.25) is 14.3 Å². The standard InChI is InChI=1S/C34H32N2O5/c1-19-7-6-8-22(17-19)36-25-18-20(2)28(32(33(38)39)41-34(3,4)5)30(23(25)10-12-27(36)37)24-9-11-26-29-21(14-16-40-26)13-15-35-31(24)29/h6-13,15,17-18,32H,14,16H2,1-5H3,(H,38,39). The smallest absolute Gasteiger partial charge is 0.337 e. The number of benzene rings is 3. The van der Waals surface area contributed by atoms with Gasteiger partial charge in [0.2, 0.25) is 0 Å². The minimum Gasteiger partial charge on any atom is -0.493 e. The Labute approximate surface area is 238 Å². The number of aliphatic carboxylic acids is 1. The number of carboxylic acid groups (broad SMARTS) is 1. The van der Waals surface area contributed by atoms with Crippen LogP contribution in [0.25, 0.3) is 38.6 Å². The minimum absolute atomic E-state index is 0.176. The van der Waals surface area contributed by atoms with E-state index in [0.717, 1.165) is 50.8 Å². The second-order valence-corrected chi connectivity index (χ2v) is 11.6. The highest BCUT2D eigenvalue weighted by Gasteiger charge is 2.33. The van der Waals surface area contributed by atoms with Crippen LogP contribution < -0.4 is 10.3 Å². The van der Waals surface area contributed by atoms with Crippen LogP contribution in [0.15, 0.2) is 71.7 Å². The molecule has 0 amide bonds. The number of aromatic nitrogens is 2. The average molecular weight is 549 g/mol. The highest BCUT2D eigenvalue weighted by atomic mass is 16.5. The van der Waals surface area contributed by atoms with Gasteiger partial charge in [-0.1, -0.05) is 12.1 Å². The van der Waals surface area contributed by atoms with Crippen molar-refractivity contribution in [1.29, 1.82) is 0 Å². The second-order valence-electron chi connectivity index (χ2n) is 11.6. The molecule has 0 saturated carbocycles. The Kier molecular flexibility index (Phi) is 6.42. The Morgan fingerprint density at radius 2 is 1.88 bits per heavy atom. The molecule has 208 valence electrons. The third-order valence-corrected chi connectivity index (χ3v) is 7.50. The van der Waals surface area contributed by atoms with Crippen molar-refractivity contribution in [1.82, 2.24) is 9.55 Å². The first-order valence-corrected chi connectivity index (χ1v) is 13.7. The minimum atomic E-state index is -1.25. The van der Waals surface area contributed by atoms with Gasteiger partial charge in [-0.05, 0) is 99.3 Å². The largest absolute Gasteiger partial charge is 0.493 e. The third kappa shape index (κ3) is 4.66. The molecule has 5 aromatic rings. The van der Waals surface area contributed by atoms with Crippen LogP contribution in [0, 0.1) is 13.8 Å². The van der Waals surface area contributed by atoms with E-state index in [1.807, 2.05) is 83.1 Å². The number of carbonyl (C=O) groups is 1. The number of carboxylic acids is 1. The van der Waals surface area contributed by atoms with Crippen molar-refractivity contribution in [2.24, 2.45) is 0 Å². The Bertz CT molecular complexity index is 1910. The molecule has 1 aliphatic rings. The molecule has 0 radical (unpaired) electrons. The molecular weight excluding hydrogens is 516 g/mol. The SMILES string of the molecule is Cc1cccc(-n2c(=O)ccc3c(-c4ccc5c6c(ccnc46)CCO5)c(C(OC(C)(C)C)C(=O)O)c(C)cc32)c1. The van der Waals surface area contributed by atoms with Gasteiger partial charge in [0.15, 0.2) is 6.10 Å². The number of pyridine rings is 2. The van der Waals surface area contributed by atoms with Crippen LogP contribution in [-0.2, 0) is 16.0 Å². The van der Waals surface area contributed by atoms with Gasteiger partial charge >= 0.3 is 5.97 Å². The molecule has 0 aliphatic carbocycles. The lowest BCUT2D eigenvalue weighted by Crippen LogP contribution is -2.28. The topological polar surface area (TPSA) is 90.7 Å². The molecule has 2 aromatic heterocycles. The molecule has 3 heterocycles. The summed E-state index contributed by atoms with van der Waals surface area (Å²) in [7, 11) is 0. The van der Waals surface area contributed by atoms with Crippen molar-refractivity contribution >= 4 is 27.8 Å². The van der Waals surface area contributed by atoms with Gasteiger partial charge in [0, 0.05) is 46.3 Å². The zero-order valence-electron chi connectivity index (χ0n) is 23.8. The highest BCUT2D eigenvalue weighted by Crippen LogP contribution is 2.45. The summed E-state index contributed by atoms with van der Waals surface area (Å²) in [6.45, 7) is 9.98. The molecular formula is C34H32N2O5. The predicted octanol–water partition coefficient (Wildman–Crippen LogP) is 6.70. The van der Waals surface area contributed by atoms with Crippen LogP contribution in [0.2, 0.25) is 0 Å². The zero-order chi connectivity index (χ0) is 29.1. The van der Waals surface area contributed by atoms with Gasteiger partial charge in [0.25, 0.3) is 5.56 Å². The van der Waals surface area contributed by atoms with Crippen molar-refractivity contribution in [3.05, 3.63) is 99.5 Å². The molecule has 0 bridgehead atoms. The molecule has 3 aromatic carbocycles. The van der Waals surface area contributed by atoms with Crippen LogP contribution in [0.1, 0.15) is 49.1 Å². The van der Waals surface area contributed by atoms with E-state index < -0.39 is 17.7 Å². The van der Waals surface area contributed by atoms with Crippen molar-refractivity contribution < 1.29 is 19.4 Å². The quantitative estimate of drug-likeness (QED) is 0.263. The Balaban J connectivity index is 1.79. The maximum atomic E-state index is 13.4. The van der Waals surface area contributed by atoms with Gasteiger partial charge in [-0.2, -0.15) is 0 Å². The normalized spacial score (nSPS) is 13.8. The number of hydrogen-bond acceptors (Lipinski definition) is 5. The van der Waals surface area contributed by atoms with Gasteiger partial charge < -0.3 is 14.6 Å². The molecule has 7 nitrogen and oxygen atoms in total. The predicted molar refractivity (Wildman–Crippen MR) is 160 cm³/mol. The van der Waals surface area contributed by atoms with Crippen molar-refractivity contribution in [3.63, 3.8) is 0 Å².